The Labute approximate surface area is 176 Å². The van der Waals surface area contributed by atoms with E-state index in [1.54, 1.807) is 36.8 Å². The predicted molar refractivity (Wildman–Crippen MR) is 117 cm³/mol. The van der Waals surface area contributed by atoms with Gasteiger partial charge in [-0.15, -0.1) is 0 Å². The van der Waals surface area contributed by atoms with Crippen molar-refractivity contribution in [2.24, 2.45) is 7.05 Å². The zero-order chi connectivity index (χ0) is 20.6. The number of benzene rings is 2. The lowest BCUT2D eigenvalue weighted by Gasteiger charge is -2.13. The Morgan fingerprint density at radius 3 is 2.66 bits per heavy atom. The smallest absolute Gasteiger partial charge is 0.229 e. The second kappa shape index (κ2) is 7.45. The van der Waals surface area contributed by atoms with Crippen LogP contribution in [-0.4, -0.2) is 34.2 Å². The fourth-order valence-electron chi connectivity index (χ4n) is 2.87. The molecule has 29 heavy (non-hydrogen) atoms. The van der Waals surface area contributed by atoms with Gasteiger partial charge >= 0.3 is 0 Å². The van der Waals surface area contributed by atoms with E-state index >= 15 is 0 Å². The lowest BCUT2D eigenvalue weighted by Crippen LogP contribution is -2.05. The quantitative estimate of drug-likeness (QED) is 0.452. The van der Waals surface area contributed by atoms with Gasteiger partial charge in [-0.1, -0.05) is 12.1 Å². The molecule has 10 heteroatoms. The molecule has 0 saturated heterocycles. The minimum absolute atomic E-state index is 0.196. The summed E-state index contributed by atoms with van der Waals surface area (Å²) in [5.41, 5.74) is 3.13. The highest BCUT2D eigenvalue weighted by atomic mass is 79.9. The van der Waals surface area contributed by atoms with Crippen LogP contribution in [0.4, 0.5) is 23.1 Å². The number of nitrogens with one attached hydrogen (secondary N) is 2. The van der Waals surface area contributed by atoms with Crippen molar-refractivity contribution in [1.29, 1.82) is 0 Å². The second-order valence-corrected chi connectivity index (χ2v) is 9.31. The number of hydrogen-bond acceptors (Lipinski definition) is 7. The van der Waals surface area contributed by atoms with Gasteiger partial charge in [0.15, 0.2) is 9.84 Å². The van der Waals surface area contributed by atoms with Gasteiger partial charge in [0.25, 0.3) is 0 Å². The summed E-state index contributed by atoms with van der Waals surface area (Å²) in [6.07, 6.45) is 4.53. The van der Waals surface area contributed by atoms with E-state index in [0.717, 1.165) is 16.7 Å². The first-order chi connectivity index (χ1) is 13.8. The lowest BCUT2D eigenvalue weighted by molar-refractivity contribution is 0.602. The third-order valence-corrected chi connectivity index (χ3v) is 6.00. The molecule has 0 bridgehead atoms. The van der Waals surface area contributed by atoms with E-state index in [4.69, 9.17) is 0 Å². The molecule has 0 radical (unpaired) electrons. The van der Waals surface area contributed by atoms with Gasteiger partial charge in [0, 0.05) is 25.2 Å². The van der Waals surface area contributed by atoms with E-state index in [0.29, 0.717) is 21.9 Å². The normalized spacial score (nSPS) is 11.6. The maximum absolute atomic E-state index is 12.0. The molecule has 0 fully saturated rings. The van der Waals surface area contributed by atoms with Crippen LogP contribution in [0.1, 0.15) is 0 Å². The molecule has 0 aliphatic heterocycles. The molecule has 2 aromatic carbocycles. The van der Waals surface area contributed by atoms with E-state index in [2.05, 4.69) is 41.5 Å². The number of imidazole rings is 1. The zero-order valence-corrected chi connectivity index (χ0v) is 18.0. The minimum Gasteiger partial charge on any atom is -0.338 e. The summed E-state index contributed by atoms with van der Waals surface area (Å²) in [4.78, 5) is 13.3. The number of aromatic nitrogens is 4. The van der Waals surface area contributed by atoms with Crippen molar-refractivity contribution in [3.63, 3.8) is 0 Å². The zero-order valence-electron chi connectivity index (χ0n) is 15.6. The number of fused-ring (bicyclic) bond motifs is 1. The Bertz CT molecular complexity index is 1320. The van der Waals surface area contributed by atoms with Crippen LogP contribution in [-0.2, 0) is 16.9 Å². The molecule has 0 atom stereocenters. The first-order valence-electron chi connectivity index (χ1n) is 8.58. The maximum atomic E-state index is 12.0. The van der Waals surface area contributed by atoms with Gasteiger partial charge in [0.05, 0.1) is 32.4 Å². The van der Waals surface area contributed by atoms with Gasteiger partial charge in [-0.2, -0.15) is 4.98 Å². The number of hydrogen-bond donors (Lipinski definition) is 2. The van der Waals surface area contributed by atoms with Crippen molar-refractivity contribution in [2.45, 2.75) is 4.90 Å². The lowest BCUT2D eigenvalue weighted by atomic mass is 10.3. The molecule has 0 unspecified atom stereocenters. The Kier molecular flexibility index (Phi) is 4.97. The van der Waals surface area contributed by atoms with Crippen LogP contribution in [0.2, 0.25) is 0 Å². The average Bonchev–Trinajstić information content (AvgIpc) is 3.05. The summed E-state index contributed by atoms with van der Waals surface area (Å²) in [6, 6.07) is 12.4. The molecule has 0 spiro atoms. The third kappa shape index (κ3) is 4.08. The second-order valence-electron chi connectivity index (χ2n) is 6.47. The standard InChI is InChI=1S/C19H17BrN6O2S/c1-26-11-22-14-8-7-12(9-16(14)26)23-19-21-10-13(20)18(25-19)24-15-5-3-4-6-17(15)29(2,27)28/h3-11H,1-2H3,(H2,21,23,24,25). The monoisotopic (exact) mass is 472 g/mol. The summed E-state index contributed by atoms with van der Waals surface area (Å²) in [5, 5.41) is 6.25. The van der Waals surface area contributed by atoms with Crippen LogP contribution in [0.5, 0.6) is 0 Å². The summed E-state index contributed by atoms with van der Waals surface area (Å²) in [6.45, 7) is 0. The highest BCUT2D eigenvalue weighted by Gasteiger charge is 2.15. The topological polar surface area (TPSA) is 102 Å². The molecule has 2 aromatic heterocycles. The van der Waals surface area contributed by atoms with E-state index < -0.39 is 9.84 Å². The van der Waals surface area contributed by atoms with Crippen LogP contribution >= 0.6 is 15.9 Å². The number of aryl methyl sites for hydroxylation is 1. The molecule has 148 valence electrons. The number of anilines is 4. The Hall–Kier alpha value is -2.98. The molecule has 8 nitrogen and oxygen atoms in total. The molecule has 2 N–H and O–H groups in total. The molecule has 4 aromatic rings. The Balaban J connectivity index is 1.65. The minimum atomic E-state index is -3.39. The van der Waals surface area contributed by atoms with Gasteiger partial charge in [0.1, 0.15) is 5.82 Å². The molecule has 0 aliphatic carbocycles. The summed E-state index contributed by atoms with van der Waals surface area (Å²) in [7, 11) is -1.46. The fraction of sp³-hybridized carbons (Fsp3) is 0.105. The number of nitrogens with zero attached hydrogens (tertiary/aromatic N) is 4. The van der Waals surface area contributed by atoms with Gasteiger partial charge < -0.3 is 15.2 Å². The summed E-state index contributed by atoms with van der Waals surface area (Å²) < 4.78 is 26.6. The van der Waals surface area contributed by atoms with E-state index in [-0.39, 0.29) is 4.90 Å². The van der Waals surface area contributed by atoms with Gasteiger partial charge in [-0.05, 0) is 46.3 Å². The summed E-state index contributed by atoms with van der Waals surface area (Å²) >= 11 is 3.41. The largest absolute Gasteiger partial charge is 0.338 e. The van der Waals surface area contributed by atoms with Gasteiger partial charge in [0.2, 0.25) is 5.95 Å². The first kappa shape index (κ1) is 19.3. The number of rotatable bonds is 5. The van der Waals surface area contributed by atoms with Crippen LogP contribution in [0.15, 0.2) is 64.4 Å². The van der Waals surface area contributed by atoms with Gasteiger partial charge in [-0.25, -0.2) is 18.4 Å². The van der Waals surface area contributed by atoms with E-state index in [9.17, 15) is 8.42 Å². The van der Waals surface area contributed by atoms with Gasteiger partial charge in [-0.3, -0.25) is 0 Å². The Morgan fingerprint density at radius 1 is 1.07 bits per heavy atom. The highest BCUT2D eigenvalue weighted by Crippen LogP contribution is 2.29. The average molecular weight is 473 g/mol. The molecular formula is C19H17BrN6O2S. The van der Waals surface area contributed by atoms with Crippen molar-refractivity contribution in [1.82, 2.24) is 19.5 Å². The number of sulfone groups is 1. The predicted octanol–water partition coefficient (Wildman–Crippen LogP) is 4.02. The number of para-hydroxylation sites is 1. The fourth-order valence-corrected chi connectivity index (χ4v) is 4.00. The Morgan fingerprint density at radius 2 is 1.86 bits per heavy atom. The highest BCUT2D eigenvalue weighted by molar-refractivity contribution is 9.10. The van der Waals surface area contributed by atoms with Crippen molar-refractivity contribution < 1.29 is 8.42 Å². The van der Waals surface area contributed by atoms with Crippen LogP contribution in [0.25, 0.3) is 11.0 Å². The molecule has 4 rings (SSSR count). The first-order valence-corrected chi connectivity index (χ1v) is 11.3. The SMILES string of the molecule is Cn1cnc2ccc(Nc3ncc(Br)c(Nc4ccccc4S(C)(=O)=O)n3)cc21. The maximum Gasteiger partial charge on any atom is 0.229 e. The van der Waals surface area contributed by atoms with Crippen molar-refractivity contribution in [3.05, 3.63) is 59.5 Å². The van der Waals surface area contributed by atoms with Crippen LogP contribution in [0, 0.1) is 0 Å². The summed E-state index contributed by atoms with van der Waals surface area (Å²) in [5.74, 6) is 0.814. The van der Waals surface area contributed by atoms with Crippen LogP contribution in [0.3, 0.4) is 0 Å². The van der Waals surface area contributed by atoms with E-state index in [1.807, 2.05) is 29.8 Å². The van der Waals surface area contributed by atoms with Crippen LogP contribution < -0.4 is 10.6 Å². The molecule has 0 saturated carbocycles. The molecular weight excluding hydrogens is 456 g/mol. The van der Waals surface area contributed by atoms with Crippen molar-refractivity contribution in [2.75, 3.05) is 16.9 Å². The molecule has 0 aliphatic rings. The van der Waals surface area contributed by atoms with Crippen molar-refractivity contribution >= 4 is 59.9 Å². The van der Waals surface area contributed by atoms with E-state index in [1.165, 1.54) is 6.26 Å². The number of halogens is 1. The molecule has 0 amide bonds. The third-order valence-electron chi connectivity index (χ3n) is 4.27. The van der Waals surface area contributed by atoms with Crippen molar-refractivity contribution in [3.8, 4) is 0 Å². The molecule has 2 heterocycles.